The highest BCUT2D eigenvalue weighted by Gasteiger charge is 2.56. The summed E-state index contributed by atoms with van der Waals surface area (Å²) in [4.78, 5) is 21.6. The van der Waals surface area contributed by atoms with E-state index in [-0.39, 0.29) is 52.1 Å². The first kappa shape index (κ1) is 30.6. The van der Waals surface area contributed by atoms with Crippen molar-refractivity contribution in [1.82, 2.24) is 24.9 Å². The molecule has 2 aliphatic rings. The number of alkyl halides is 3. The Labute approximate surface area is 247 Å². The number of carbonyl (C=O) groups is 1. The van der Waals surface area contributed by atoms with Crippen LogP contribution in [0.15, 0.2) is 59.4 Å². The Kier molecular flexibility index (Phi) is 7.64. The molecule has 0 amide bonds. The second-order valence-corrected chi connectivity index (χ2v) is 11.0. The minimum absolute atomic E-state index is 0.0163. The van der Waals surface area contributed by atoms with Crippen molar-refractivity contribution in [1.29, 1.82) is 0 Å². The summed E-state index contributed by atoms with van der Waals surface area (Å²) in [5.41, 5.74) is -5.01. The highest BCUT2D eigenvalue weighted by Crippen LogP contribution is 2.46. The number of benzene rings is 2. The van der Waals surface area contributed by atoms with Gasteiger partial charge in [0.2, 0.25) is 5.54 Å². The van der Waals surface area contributed by atoms with Gasteiger partial charge in [0.25, 0.3) is 0 Å². The number of aliphatic carboxylic acids is 1. The number of fused-ring (bicyclic) bond motifs is 1. The molecule has 0 aliphatic carbocycles. The van der Waals surface area contributed by atoms with E-state index in [1.807, 2.05) is 6.92 Å². The fraction of sp³-hybridized carbons (Fsp3) is 0.300. The van der Waals surface area contributed by atoms with Crippen molar-refractivity contribution in [3.63, 3.8) is 0 Å². The van der Waals surface area contributed by atoms with Gasteiger partial charge in [0, 0.05) is 17.0 Å². The lowest BCUT2D eigenvalue weighted by atomic mass is 9.71. The Balaban J connectivity index is 1.66. The maximum Gasteiger partial charge on any atom is 0.417 e. The number of imidazole rings is 1. The molecule has 0 radical (unpaired) electrons. The third-order valence-electron chi connectivity index (χ3n) is 7.11. The fourth-order valence-electron chi connectivity index (χ4n) is 5.02. The van der Waals surface area contributed by atoms with Crippen molar-refractivity contribution >= 4 is 5.97 Å². The first-order chi connectivity index (χ1) is 20.7. The van der Waals surface area contributed by atoms with E-state index in [4.69, 9.17) is 9.26 Å². The summed E-state index contributed by atoms with van der Waals surface area (Å²) in [6.45, 7) is 6.77. The van der Waals surface area contributed by atoms with Gasteiger partial charge in [-0.05, 0) is 36.8 Å². The van der Waals surface area contributed by atoms with Gasteiger partial charge in [-0.15, -0.1) is 0 Å². The number of hydrogen-bond donors (Lipinski definition) is 1. The fourth-order valence-corrected chi connectivity index (χ4v) is 5.02. The molecule has 14 heteroatoms. The highest BCUT2D eigenvalue weighted by molar-refractivity contribution is 5.82. The molecule has 1 aromatic heterocycles. The van der Waals surface area contributed by atoms with Gasteiger partial charge in [0.15, 0.2) is 23.2 Å². The van der Waals surface area contributed by atoms with Crippen LogP contribution < -0.4 is 4.74 Å². The van der Waals surface area contributed by atoms with Crippen molar-refractivity contribution < 1.29 is 41.1 Å². The number of halogens is 5. The van der Waals surface area contributed by atoms with Gasteiger partial charge < -0.3 is 14.4 Å². The molecule has 0 saturated carbocycles. The van der Waals surface area contributed by atoms with Crippen LogP contribution in [-0.2, 0) is 16.5 Å². The minimum Gasteiger partial charge on any atom is -0.494 e. The minimum atomic E-state index is -4.79. The lowest BCUT2D eigenvalue weighted by Crippen LogP contribution is -2.53. The molecule has 0 bridgehead atoms. The number of aromatic nitrogens is 5. The topological polar surface area (TPSA) is 116 Å². The van der Waals surface area contributed by atoms with Crippen LogP contribution in [0, 0.1) is 17.0 Å². The van der Waals surface area contributed by atoms with Crippen LogP contribution in [0.2, 0.25) is 0 Å². The van der Waals surface area contributed by atoms with Crippen LogP contribution in [0.3, 0.4) is 0 Å². The average Bonchev–Trinajstić information content (AvgIpc) is 3.60. The second kappa shape index (κ2) is 11.0. The predicted octanol–water partition coefficient (Wildman–Crippen LogP) is 7.06. The van der Waals surface area contributed by atoms with Crippen molar-refractivity contribution in [2.75, 3.05) is 6.61 Å². The molecule has 1 unspecified atom stereocenters. The van der Waals surface area contributed by atoms with E-state index < -0.39 is 40.3 Å². The number of hydrogen-bond acceptors (Lipinski definition) is 7. The molecule has 2 aromatic carbocycles. The lowest BCUT2D eigenvalue weighted by molar-refractivity contribution is -0.153. The number of nitrogens with zero attached hydrogens (tertiary/aromatic N) is 5. The maximum atomic E-state index is 14.4. The molecule has 2 aliphatic heterocycles. The number of carboxylic acid groups (broad SMARTS) is 1. The molecular formula is C30H26F5N5O4. The normalized spacial score (nSPS) is 13.7. The summed E-state index contributed by atoms with van der Waals surface area (Å²) in [5, 5.41) is 18.8. The zero-order valence-corrected chi connectivity index (χ0v) is 23.9. The predicted molar refractivity (Wildman–Crippen MR) is 147 cm³/mol. The Morgan fingerprint density at radius 2 is 1.73 bits per heavy atom. The van der Waals surface area contributed by atoms with E-state index in [1.54, 1.807) is 20.8 Å². The van der Waals surface area contributed by atoms with Crippen molar-refractivity contribution in [2.45, 2.75) is 45.8 Å². The summed E-state index contributed by atoms with van der Waals surface area (Å²) < 4.78 is 82.5. The van der Waals surface area contributed by atoms with Crippen LogP contribution >= 0.6 is 0 Å². The Morgan fingerprint density at radius 1 is 1.00 bits per heavy atom. The molecule has 5 rings (SSSR count). The Hall–Kier alpha value is -4.88. The molecule has 0 fully saturated rings. The number of ether oxygens (including phenoxy) is 1. The monoisotopic (exact) mass is 615 g/mol. The SMILES string of the molecule is CCCOc1ccc(-c2cc(C(C(=O)O)(n3cc4nc(-c5cccc(F)c5F)nc-4cn3)C(C)(C)C)on2)c(C(F)(F)F)c1. The Morgan fingerprint density at radius 3 is 2.39 bits per heavy atom. The molecule has 0 saturated heterocycles. The maximum absolute atomic E-state index is 14.4. The largest absolute Gasteiger partial charge is 0.494 e. The molecule has 1 atom stereocenters. The quantitative estimate of drug-likeness (QED) is 0.185. The van der Waals surface area contributed by atoms with E-state index >= 15 is 0 Å². The van der Waals surface area contributed by atoms with Gasteiger partial charge in [-0.1, -0.05) is 38.9 Å². The van der Waals surface area contributed by atoms with Crippen molar-refractivity contribution in [3.05, 3.63) is 77.8 Å². The summed E-state index contributed by atoms with van der Waals surface area (Å²) >= 11 is 0. The molecule has 44 heavy (non-hydrogen) atoms. The summed E-state index contributed by atoms with van der Waals surface area (Å²) in [6.07, 6.45) is -1.76. The van der Waals surface area contributed by atoms with Crippen LogP contribution in [0.1, 0.15) is 45.4 Å². The van der Waals surface area contributed by atoms with Crippen LogP contribution in [0.25, 0.3) is 34.0 Å². The van der Waals surface area contributed by atoms with Crippen LogP contribution in [0.4, 0.5) is 22.0 Å². The summed E-state index contributed by atoms with van der Waals surface area (Å²) in [7, 11) is 0. The molecule has 0 spiro atoms. The number of carboxylic acids is 1. The number of rotatable bonds is 8. The van der Waals surface area contributed by atoms with Gasteiger partial charge in [-0.2, -0.15) is 18.3 Å². The van der Waals surface area contributed by atoms with Gasteiger partial charge in [-0.3, -0.25) is 0 Å². The summed E-state index contributed by atoms with van der Waals surface area (Å²) in [6, 6.07) is 8.04. The van der Waals surface area contributed by atoms with Crippen LogP contribution in [-0.4, -0.2) is 42.6 Å². The standard InChI is InChI=1S/C30H26F5N5O4/c1-5-11-43-16-9-10-17(19(12-16)30(33,34)35)21-13-24(44-39-21)29(27(41)42,28(2,3)4)40-15-23-22(14-36-40)37-26(38-23)18-7-6-8-20(31)25(18)32/h6-10,12-15H,5,11H2,1-4H3,(H,41,42). The van der Waals surface area contributed by atoms with Crippen molar-refractivity contribution in [2.24, 2.45) is 5.41 Å². The first-order valence-electron chi connectivity index (χ1n) is 13.4. The van der Waals surface area contributed by atoms with Gasteiger partial charge in [0.05, 0.1) is 30.1 Å². The van der Waals surface area contributed by atoms with Crippen LogP contribution in [0.5, 0.6) is 5.75 Å². The zero-order chi connectivity index (χ0) is 32.0. The first-order valence-corrected chi connectivity index (χ1v) is 13.4. The second-order valence-electron chi connectivity index (χ2n) is 11.0. The van der Waals surface area contributed by atoms with Gasteiger partial charge in [0.1, 0.15) is 22.8 Å². The van der Waals surface area contributed by atoms with Gasteiger partial charge >= 0.3 is 12.1 Å². The third-order valence-corrected chi connectivity index (χ3v) is 7.11. The molecule has 3 heterocycles. The highest BCUT2D eigenvalue weighted by atomic mass is 19.4. The molecule has 1 N–H and O–H groups in total. The smallest absolute Gasteiger partial charge is 0.417 e. The molecule has 230 valence electrons. The Bertz CT molecular complexity index is 1810. The van der Waals surface area contributed by atoms with E-state index in [0.717, 1.165) is 22.9 Å². The molecule has 3 aromatic rings. The van der Waals surface area contributed by atoms with E-state index in [9.17, 15) is 31.9 Å². The zero-order valence-electron chi connectivity index (χ0n) is 23.9. The molecule has 9 nitrogen and oxygen atoms in total. The van der Waals surface area contributed by atoms with E-state index in [2.05, 4.69) is 20.2 Å². The summed E-state index contributed by atoms with van der Waals surface area (Å²) in [5.74, 6) is -4.17. The van der Waals surface area contributed by atoms with Gasteiger partial charge in [-0.25, -0.2) is 28.2 Å². The van der Waals surface area contributed by atoms with E-state index in [0.29, 0.717) is 6.42 Å². The lowest BCUT2D eigenvalue weighted by Gasteiger charge is -2.39. The average molecular weight is 616 g/mol. The van der Waals surface area contributed by atoms with Crippen molar-refractivity contribution in [3.8, 4) is 39.8 Å². The molecular weight excluding hydrogens is 589 g/mol. The van der Waals surface area contributed by atoms with E-state index in [1.165, 1.54) is 36.7 Å². The third kappa shape index (κ3) is 5.13.